The molecule has 0 bridgehead atoms. The van der Waals surface area contributed by atoms with Crippen LogP contribution in [-0.4, -0.2) is 35.1 Å². The van der Waals surface area contributed by atoms with Gasteiger partial charge in [-0.15, -0.1) is 13.2 Å². The number of hydrogen-bond acceptors (Lipinski definition) is 5. The van der Waals surface area contributed by atoms with Crippen LogP contribution in [0.25, 0.3) is 11.1 Å². The molecule has 11 heteroatoms. The second-order valence-electron chi connectivity index (χ2n) is 6.91. The molecule has 0 aliphatic carbocycles. The van der Waals surface area contributed by atoms with E-state index in [1.165, 1.54) is 23.0 Å². The molecule has 2 N–H and O–H groups in total. The van der Waals surface area contributed by atoms with Crippen LogP contribution in [0.1, 0.15) is 12.5 Å². The van der Waals surface area contributed by atoms with E-state index in [1.54, 1.807) is 31.4 Å². The predicted octanol–water partition coefficient (Wildman–Crippen LogP) is 3.98. The molecule has 32 heavy (non-hydrogen) atoms. The van der Waals surface area contributed by atoms with Crippen LogP contribution in [0.4, 0.5) is 24.7 Å². The standard InChI is InChI=1S/C21H17F3N4O4/c1-31-14-7-5-12(6-8-14)16-11-25-28-17(10-18(29)27-19(16)28)20(30)26-13-3-2-4-15(9-13)32-21(22,23)24/h2-9,11,17H,10H2,1H3,(H,26,30)(H,27,29)/t17-/m0/s1. The lowest BCUT2D eigenvalue weighted by Gasteiger charge is -2.24. The van der Waals surface area contributed by atoms with Crippen LogP contribution < -0.4 is 20.1 Å². The van der Waals surface area contributed by atoms with Crippen LogP contribution in [0, 0.1) is 0 Å². The van der Waals surface area contributed by atoms with Crippen molar-refractivity contribution in [2.24, 2.45) is 0 Å². The lowest BCUT2D eigenvalue weighted by atomic mass is 10.1. The van der Waals surface area contributed by atoms with E-state index in [-0.39, 0.29) is 18.0 Å². The summed E-state index contributed by atoms with van der Waals surface area (Å²) in [5.41, 5.74) is 1.45. The quantitative estimate of drug-likeness (QED) is 0.618. The first-order valence-corrected chi connectivity index (χ1v) is 9.42. The largest absolute Gasteiger partial charge is 0.573 e. The number of rotatable bonds is 5. The summed E-state index contributed by atoms with van der Waals surface area (Å²) in [6.07, 6.45) is -3.51. The Morgan fingerprint density at radius 2 is 1.94 bits per heavy atom. The molecule has 0 spiro atoms. The van der Waals surface area contributed by atoms with Crippen LogP contribution in [0.2, 0.25) is 0 Å². The highest BCUT2D eigenvalue weighted by Crippen LogP contribution is 2.35. The molecule has 1 aliphatic rings. The average Bonchev–Trinajstić information content (AvgIpc) is 3.16. The molecule has 0 radical (unpaired) electrons. The maximum atomic E-state index is 12.9. The Bertz CT molecular complexity index is 1160. The van der Waals surface area contributed by atoms with Crippen molar-refractivity contribution in [3.05, 3.63) is 54.7 Å². The van der Waals surface area contributed by atoms with Crippen molar-refractivity contribution in [2.45, 2.75) is 18.8 Å². The number of hydrogen-bond donors (Lipinski definition) is 2. The highest BCUT2D eigenvalue weighted by Gasteiger charge is 2.34. The minimum absolute atomic E-state index is 0.0896. The van der Waals surface area contributed by atoms with Crippen LogP contribution in [0.5, 0.6) is 11.5 Å². The zero-order chi connectivity index (χ0) is 22.9. The number of carbonyl (C=O) groups excluding carboxylic acids is 2. The van der Waals surface area contributed by atoms with Crippen LogP contribution in [0.3, 0.4) is 0 Å². The Morgan fingerprint density at radius 1 is 1.19 bits per heavy atom. The molecule has 1 aliphatic heterocycles. The van der Waals surface area contributed by atoms with Gasteiger partial charge in [-0.05, 0) is 29.8 Å². The summed E-state index contributed by atoms with van der Waals surface area (Å²) in [6, 6.07) is 11.0. The van der Waals surface area contributed by atoms with Gasteiger partial charge in [-0.1, -0.05) is 18.2 Å². The third-order valence-electron chi connectivity index (χ3n) is 4.77. The zero-order valence-electron chi connectivity index (χ0n) is 16.6. The molecule has 4 rings (SSSR count). The Morgan fingerprint density at radius 3 is 2.62 bits per heavy atom. The summed E-state index contributed by atoms with van der Waals surface area (Å²) in [6.45, 7) is 0. The van der Waals surface area contributed by atoms with E-state index in [9.17, 15) is 22.8 Å². The fourth-order valence-corrected chi connectivity index (χ4v) is 3.35. The van der Waals surface area contributed by atoms with Gasteiger partial charge in [0.25, 0.3) is 0 Å². The second kappa shape index (κ2) is 8.25. The van der Waals surface area contributed by atoms with Crippen molar-refractivity contribution in [1.82, 2.24) is 9.78 Å². The molecule has 2 heterocycles. The Hall–Kier alpha value is -4.02. The number of halogens is 3. The minimum Gasteiger partial charge on any atom is -0.497 e. The lowest BCUT2D eigenvalue weighted by Crippen LogP contribution is -2.35. The number of fused-ring (bicyclic) bond motifs is 1. The fraction of sp³-hybridized carbons (Fsp3) is 0.190. The van der Waals surface area contributed by atoms with Gasteiger partial charge in [0.05, 0.1) is 19.7 Å². The van der Waals surface area contributed by atoms with Gasteiger partial charge in [0, 0.05) is 17.3 Å². The van der Waals surface area contributed by atoms with Gasteiger partial charge in [-0.25, -0.2) is 4.68 Å². The minimum atomic E-state index is -4.86. The molecule has 2 aromatic carbocycles. The summed E-state index contributed by atoms with van der Waals surface area (Å²) < 4.78 is 47.7. The molecule has 3 aromatic rings. The number of benzene rings is 2. The van der Waals surface area contributed by atoms with Gasteiger partial charge in [0.1, 0.15) is 23.4 Å². The SMILES string of the molecule is COc1ccc(-c2cnn3c2NC(=O)C[C@H]3C(=O)Nc2cccc(OC(F)(F)F)c2)cc1. The number of anilines is 2. The van der Waals surface area contributed by atoms with Crippen LogP contribution >= 0.6 is 0 Å². The summed E-state index contributed by atoms with van der Waals surface area (Å²) >= 11 is 0. The Kier molecular flexibility index (Phi) is 5.47. The summed E-state index contributed by atoms with van der Waals surface area (Å²) in [5.74, 6) is -0.455. The monoisotopic (exact) mass is 446 g/mol. The molecule has 0 saturated carbocycles. The number of nitrogens with zero attached hydrogens (tertiary/aromatic N) is 2. The first kappa shape index (κ1) is 21.2. The highest BCUT2D eigenvalue weighted by molar-refractivity contribution is 6.03. The van der Waals surface area contributed by atoms with Gasteiger partial charge in [0.2, 0.25) is 11.8 Å². The van der Waals surface area contributed by atoms with E-state index in [4.69, 9.17) is 4.74 Å². The maximum absolute atomic E-state index is 12.9. The van der Waals surface area contributed by atoms with E-state index < -0.39 is 24.1 Å². The molecule has 0 saturated heterocycles. The molecular formula is C21H17F3N4O4. The van der Waals surface area contributed by atoms with Gasteiger partial charge >= 0.3 is 6.36 Å². The number of aromatic nitrogens is 2. The van der Waals surface area contributed by atoms with Crippen LogP contribution in [-0.2, 0) is 9.59 Å². The van der Waals surface area contributed by atoms with Crippen LogP contribution in [0.15, 0.2) is 54.7 Å². The normalized spacial score (nSPS) is 15.5. The number of alkyl halides is 3. The van der Waals surface area contributed by atoms with Gasteiger partial charge in [-0.3, -0.25) is 9.59 Å². The predicted molar refractivity (Wildman–Crippen MR) is 108 cm³/mol. The first-order chi connectivity index (χ1) is 15.2. The summed E-state index contributed by atoms with van der Waals surface area (Å²) in [5, 5.41) is 9.50. The smallest absolute Gasteiger partial charge is 0.497 e. The number of methoxy groups -OCH3 is 1. The number of ether oxygens (including phenoxy) is 2. The summed E-state index contributed by atoms with van der Waals surface area (Å²) in [4.78, 5) is 25.2. The number of carbonyl (C=O) groups is 2. The van der Waals surface area contributed by atoms with E-state index >= 15 is 0 Å². The van der Waals surface area contributed by atoms with Gasteiger partial charge < -0.3 is 20.1 Å². The van der Waals surface area contributed by atoms with Gasteiger partial charge in [-0.2, -0.15) is 5.10 Å². The molecule has 1 atom stereocenters. The van der Waals surface area contributed by atoms with Crippen molar-refractivity contribution in [3.63, 3.8) is 0 Å². The van der Waals surface area contributed by atoms with Crippen molar-refractivity contribution in [3.8, 4) is 22.6 Å². The maximum Gasteiger partial charge on any atom is 0.573 e. The molecule has 0 unspecified atom stereocenters. The highest BCUT2D eigenvalue weighted by atomic mass is 19.4. The van der Waals surface area contributed by atoms with E-state index in [0.29, 0.717) is 17.1 Å². The Labute approximate surface area is 179 Å². The van der Waals surface area contributed by atoms with Gasteiger partial charge in [0.15, 0.2) is 0 Å². The first-order valence-electron chi connectivity index (χ1n) is 9.42. The average molecular weight is 446 g/mol. The lowest BCUT2D eigenvalue weighted by molar-refractivity contribution is -0.274. The third kappa shape index (κ3) is 4.51. The molecule has 2 amide bonds. The third-order valence-corrected chi connectivity index (χ3v) is 4.77. The zero-order valence-corrected chi connectivity index (χ0v) is 16.6. The molecule has 8 nitrogen and oxygen atoms in total. The Balaban J connectivity index is 1.58. The molecule has 1 aromatic heterocycles. The summed E-state index contributed by atoms with van der Waals surface area (Å²) in [7, 11) is 1.55. The fourth-order valence-electron chi connectivity index (χ4n) is 3.35. The molecule has 166 valence electrons. The van der Waals surface area contributed by atoms with E-state index in [0.717, 1.165) is 17.7 Å². The second-order valence-corrected chi connectivity index (χ2v) is 6.91. The van der Waals surface area contributed by atoms with Crippen molar-refractivity contribution >= 4 is 23.3 Å². The molecular weight excluding hydrogens is 429 g/mol. The number of nitrogens with one attached hydrogen (secondary N) is 2. The topological polar surface area (TPSA) is 94.5 Å². The number of amides is 2. The van der Waals surface area contributed by atoms with E-state index in [2.05, 4.69) is 20.5 Å². The van der Waals surface area contributed by atoms with Crippen molar-refractivity contribution < 1.29 is 32.2 Å². The van der Waals surface area contributed by atoms with Crippen molar-refractivity contribution in [2.75, 3.05) is 17.7 Å². The van der Waals surface area contributed by atoms with E-state index in [1.807, 2.05) is 0 Å². The molecule has 0 fully saturated rings. The van der Waals surface area contributed by atoms with Crippen molar-refractivity contribution in [1.29, 1.82) is 0 Å².